The Bertz CT molecular complexity index is 1110. The summed E-state index contributed by atoms with van der Waals surface area (Å²) in [6, 6.07) is 13.4. The molecule has 2 aromatic carbocycles. The molecule has 1 unspecified atom stereocenters. The zero-order chi connectivity index (χ0) is 20.5. The number of pyridine rings is 1. The summed E-state index contributed by atoms with van der Waals surface area (Å²) < 4.78 is 29.0. The van der Waals surface area contributed by atoms with E-state index in [-0.39, 0.29) is 11.3 Å². The van der Waals surface area contributed by atoms with Gasteiger partial charge in [-0.05, 0) is 29.8 Å². The van der Waals surface area contributed by atoms with E-state index in [1.54, 1.807) is 30.3 Å². The maximum atomic E-state index is 12.3. The second kappa shape index (κ2) is 7.60. The minimum Gasteiger partial charge on any atom is -0.545 e. The standard InChI is InChI=1S/C22H18F2N2O3/c1-26-11-14(10-13-6-8-15(9-7-13)29-22(23)24)20-17(12-26)19(21(27)28)16-4-2-3-5-18(16)25-20/h2-10,22H,11-12H2,1H3,(H,27,28)/b14-10+. The number of quaternary nitrogens is 1. The fourth-order valence-electron chi connectivity index (χ4n) is 3.76. The van der Waals surface area contributed by atoms with Crippen molar-refractivity contribution in [1.29, 1.82) is 0 Å². The average molecular weight is 396 g/mol. The summed E-state index contributed by atoms with van der Waals surface area (Å²) in [7, 11) is 1.98. The summed E-state index contributed by atoms with van der Waals surface area (Å²) in [6.45, 7) is -1.70. The number of fused-ring (bicyclic) bond motifs is 2. The topological polar surface area (TPSA) is 66.7 Å². The van der Waals surface area contributed by atoms with E-state index in [1.807, 2.05) is 19.2 Å². The first kappa shape index (κ1) is 19.0. The SMILES string of the molecule is C[NH+]1C/C(=C\c2ccc(OC(F)F)cc2)c2nc3ccccc3c(C(=O)[O-])c2C1. The van der Waals surface area contributed by atoms with E-state index < -0.39 is 12.6 Å². The Morgan fingerprint density at radius 2 is 1.90 bits per heavy atom. The van der Waals surface area contributed by atoms with Crippen molar-refractivity contribution < 1.29 is 28.3 Å². The van der Waals surface area contributed by atoms with Crippen molar-refractivity contribution in [3.05, 3.63) is 70.9 Å². The third-order valence-corrected chi connectivity index (χ3v) is 4.92. The number of carboxylic acid groups (broad SMARTS) is 1. The van der Waals surface area contributed by atoms with Gasteiger partial charge in [0.2, 0.25) is 0 Å². The van der Waals surface area contributed by atoms with Crippen LogP contribution in [0.2, 0.25) is 0 Å². The Morgan fingerprint density at radius 3 is 2.59 bits per heavy atom. The fraction of sp³-hybridized carbons (Fsp3) is 0.182. The van der Waals surface area contributed by atoms with Crippen molar-refractivity contribution in [2.75, 3.05) is 13.6 Å². The Morgan fingerprint density at radius 1 is 1.17 bits per heavy atom. The molecule has 0 spiro atoms. The van der Waals surface area contributed by atoms with Crippen molar-refractivity contribution in [3.63, 3.8) is 0 Å². The largest absolute Gasteiger partial charge is 0.545 e. The number of para-hydroxylation sites is 1. The van der Waals surface area contributed by atoms with E-state index in [0.717, 1.165) is 16.0 Å². The molecular weight excluding hydrogens is 378 g/mol. The molecule has 1 aromatic heterocycles. The molecule has 0 fully saturated rings. The van der Waals surface area contributed by atoms with Crippen LogP contribution in [0.15, 0.2) is 48.5 Å². The molecule has 1 aliphatic rings. The highest BCUT2D eigenvalue weighted by Gasteiger charge is 2.27. The third kappa shape index (κ3) is 3.82. The van der Waals surface area contributed by atoms with Gasteiger partial charge in [0.15, 0.2) is 0 Å². The van der Waals surface area contributed by atoms with E-state index in [0.29, 0.717) is 35.2 Å². The maximum absolute atomic E-state index is 12.3. The van der Waals surface area contributed by atoms with Crippen molar-refractivity contribution >= 4 is 28.5 Å². The summed E-state index contributed by atoms with van der Waals surface area (Å²) in [4.78, 5) is 17.8. The van der Waals surface area contributed by atoms with Crippen LogP contribution >= 0.6 is 0 Å². The van der Waals surface area contributed by atoms with Crippen LogP contribution in [-0.2, 0) is 6.54 Å². The molecule has 1 N–H and O–H groups in total. The Labute approximate surface area is 165 Å². The molecule has 0 aliphatic carbocycles. The molecule has 2 heterocycles. The minimum absolute atomic E-state index is 0.0808. The maximum Gasteiger partial charge on any atom is 0.387 e. The summed E-state index contributed by atoms with van der Waals surface area (Å²) in [5, 5.41) is 12.5. The van der Waals surface area contributed by atoms with Gasteiger partial charge in [-0.1, -0.05) is 30.3 Å². The number of carbonyl (C=O) groups excluding carboxylic acids is 1. The van der Waals surface area contributed by atoms with Crippen molar-refractivity contribution in [1.82, 2.24) is 4.98 Å². The number of rotatable bonds is 4. The molecule has 0 saturated carbocycles. The number of hydrogen-bond acceptors (Lipinski definition) is 4. The lowest BCUT2D eigenvalue weighted by atomic mass is 9.92. The molecule has 5 nitrogen and oxygen atoms in total. The molecular formula is C22H18F2N2O3. The fourth-order valence-corrected chi connectivity index (χ4v) is 3.76. The zero-order valence-corrected chi connectivity index (χ0v) is 15.6. The number of hydrogen-bond donors (Lipinski definition) is 1. The van der Waals surface area contributed by atoms with Gasteiger partial charge in [0.25, 0.3) is 0 Å². The molecule has 0 saturated heterocycles. The molecule has 0 bridgehead atoms. The van der Waals surface area contributed by atoms with E-state index in [2.05, 4.69) is 4.74 Å². The third-order valence-electron chi connectivity index (χ3n) is 4.92. The van der Waals surface area contributed by atoms with Gasteiger partial charge in [-0.15, -0.1) is 0 Å². The number of benzene rings is 2. The first-order valence-corrected chi connectivity index (χ1v) is 9.12. The highest BCUT2D eigenvalue weighted by Crippen LogP contribution is 2.30. The lowest BCUT2D eigenvalue weighted by Crippen LogP contribution is -3.08. The Kier molecular flexibility index (Phi) is 4.98. The summed E-state index contributed by atoms with van der Waals surface area (Å²) in [6.07, 6.45) is 1.90. The monoisotopic (exact) mass is 396 g/mol. The molecule has 0 amide bonds. The van der Waals surface area contributed by atoms with Crippen LogP contribution in [0.1, 0.15) is 27.2 Å². The molecule has 0 radical (unpaired) electrons. The van der Waals surface area contributed by atoms with Crippen molar-refractivity contribution in [2.24, 2.45) is 0 Å². The van der Waals surface area contributed by atoms with Crippen LogP contribution in [0.5, 0.6) is 5.75 Å². The highest BCUT2D eigenvalue weighted by molar-refractivity contribution is 6.05. The first-order valence-electron chi connectivity index (χ1n) is 9.12. The van der Waals surface area contributed by atoms with Gasteiger partial charge in [0.1, 0.15) is 18.8 Å². The predicted octanol–water partition coefficient (Wildman–Crippen LogP) is 1.77. The lowest BCUT2D eigenvalue weighted by molar-refractivity contribution is -0.887. The van der Waals surface area contributed by atoms with Crippen LogP contribution in [0.3, 0.4) is 0 Å². The smallest absolute Gasteiger partial charge is 0.387 e. The van der Waals surface area contributed by atoms with Gasteiger partial charge >= 0.3 is 6.61 Å². The van der Waals surface area contributed by atoms with Gasteiger partial charge in [0, 0.05) is 22.1 Å². The number of aromatic carboxylic acids is 1. The van der Waals surface area contributed by atoms with Crippen LogP contribution in [0, 0.1) is 0 Å². The number of halogens is 2. The molecule has 3 aromatic rings. The zero-order valence-electron chi connectivity index (χ0n) is 15.6. The number of nitrogens with zero attached hydrogens (tertiary/aromatic N) is 1. The number of ether oxygens (including phenoxy) is 1. The summed E-state index contributed by atoms with van der Waals surface area (Å²) in [5.74, 6) is -1.14. The van der Waals surface area contributed by atoms with Crippen molar-refractivity contribution in [3.8, 4) is 5.75 Å². The van der Waals surface area contributed by atoms with Crippen molar-refractivity contribution in [2.45, 2.75) is 13.2 Å². The number of carboxylic acids is 1. The number of nitrogens with one attached hydrogen (secondary N) is 1. The van der Waals surface area contributed by atoms with Gasteiger partial charge in [0.05, 0.1) is 24.2 Å². The normalized spacial score (nSPS) is 17.5. The average Bonchev–Trinajstić information content (AvgIpc) is 2.67. The summed E-state index contributed by atoms with van der Waals surface area (Å²) in [5.41, 5.74) is 3.72. The molecule has 1 aliphatic heterocycles. The molecule has 7 heteroatoms. The highest BCUT2D eigenvalue weighted by atomic mass is 19.3. The second-order valence-corrected chi connectivity index (χ2v) is 7.05. The van der Waals surface area contributed by atoms with E-state index in [1.165, 1.54) is 12.1 Å². The van der Waals surface area contributed by atoms with Gasteiger partial charge in [-0.25, -0.2) is 4.98 Å². The quantitative estimate of drug-likeness (QED) is 0.730. The molecule has 29 heavy (non-hydrogen) atoms. The van der Waals surface area contributed by atoms with E-state index in [9.17, 15) is 18.7 Å². The van der Waals surface area contributed by atoms with Crippen LogP contribution < -0.4 is 14.7 Å². The molecule has 1 atom stereocenters. The second-order valence-electron chi connectivity index (χ2n) is 7.05. The first-order chi connectivity index (χ1) is 13.9. The number of aromatic nitrogens is 1. The number of likely N-dealkylation sites (N-methyl/N-ethyl adjacent to an activating group) is 1. The Hall–Kier alpha value is -3.32. The minimum atomic E-state index is -2.87. The molecule has 4 rings (SSSR count). The number of alkyl halides is 2. The van der Waals surface area contributed by atoms with Gasteiger partial charge in [-0.3, -0.25) is 0 Å². The van der Waals surface area contributed by atoms with Crippen LogP contribution in [0.25, 0.3) is 22.6 Å². The van der Waals surface area contributed by atoms with Gasteiger partial charge < -0.3 is 19.5 Å². The number of carbonyl (C=O) groups is 1. The van der Waals surface area contributed by atoms with E-state index >= 15 is 0 Å². The van der Waals surface area contributed by atoms with Crippen LogP contribution in [-0.4, -0.2) is 31.2 Å². The van der Waals surface area contributed by atoms with Crippen LogP contribution in [0.4, 0.5) is 8.78 Å². The molecule has 148 valence electrons. The predicted molar refractivity (Wildman–Crippen MR) is 102 cm³/mol. The Balaban J connectivity index is 1.83. The summed E-state index contributed by atoms with van der Waals surface area (Å²) >= 11 is 0. The van der Waals surface area contributed by atoms with E-state index in [4.69, 9.17) is 4.98 Å². The van der Waals surface area contributed by atoms with Gasteiger partial charge in [-0.2, -0.15) is 8.78 Å². The lowest BCUT2D eigenvalue weighted by Gasteiger charge is -2.27.